The SMILES string of the molecule is CN[C@H](O[C@@H]1CC[C@H](O)CSSCc2c(ccc3ccc(O)cc23)-c2c(ccc(O)c2OC)CCC(=O)C1)c1ccc(NCC(C)=O)c(CO)c1. The van der Waals surface area contributed by atoms with Gasteiger partial charge in [0.15, 0.2) is 11.5 Å². The van der Waals surface area contributed by atoms with E-state index in [9.17, 15) is 30.0 Å². The number of nitrogens with one attached hydrogen (secondary N) is 2. The van der Waals surface area contributed by atoms with Gasteiger partial charge < -0.3 is 35.2 Å². The number of phenols is 2. The molecule has 0 saturated carbocycles. The van der Waals surface area contributed by atoms with Crippen LogP contribution in [0.15, 0.2) is 60.7 Å². The van der Waals surface area contributed by atoms with Gasteiger partial charge in [0.2, 0.25) is 0 Å². The number of phenolic OH excluding ortho intramolecular Hbond substituents is 2. The van der Waals surface area contributed by atoms with Crippen LogP contribution < -0.4 is 15.4 Å². The zero-order valence-corrected chi connectivity index (χ0v) is 30.7. The van der Waals surface area contributed by atoms with Crippen LogP contribution in [0.4, 0.5) is 5.69 Å². The fourth-order valence-electron chi connectivity index (χ4n) is 6.42. The van der Waals surface area contributed by atoms with E-state index in [4.69, 9.17) is 9.47 Å². The van der Waals surface area contributed by atoms with Gasteiger partial charge in [-0.05, 0) is 96.6 Å². The summed E-state index contributed by atoms with van der Waals surface area (Å²) in [6, 6.07) is 18.1. The molecule has 6 N–H and O–H groups in total. The number of aliphatic hydroxyl groups is 2. The molecule has 4 aromatic carbocycles. The molecule has 10 nitrogen and oxygen atoms in total. The molecule has 0 aromatic heterocycles. The number of anilines is 1. The van der Waals surface area contributed by atoms with Crippen molar-refractivity contribution in [1.29, 1.82) is 0 Å². The van der Waals surface area contributed by atoms with Gasteiger partial charge in [0.05, 0.1) is 32.5 Å². The quantitative estimate of drug-likeness (QED) is 0.0805. The van der Waals surface area contributed by atoms with Gasteiger partial charge in [-0.2, -0.15) is 0 Å². The van der Waals surface area contributed by atoms with Gasteiger partial charge in [-0.25, -0.2) is 0 Å². The van der Waals surface area contributed by atoms with Crippen LogP contribution >= 0.6 is 21.6 Å². The Bertz CT molecular complexity index is 1850. The van der Waals surface area contributed by atoms with Crippen molar-refractivity contribution in [1.82, 2.24) is 5.32 Å². The molecule has 1 aliphatic heterocycles. The number of aliphatic hydroxyl groups excluding tert-OH is 2. The predicted octanol–water partition coefficient (Wildman–Crippen LogP) is 6.65. The van der Waals surface area contributed by atoms with E-state index in [0.29, 0.717) is 53.3 Å². The molecule has 0 unspecified atom stereocenters. The van der Waals surface area contributed by atoms with E-state index in [1.54, 1.807) is 52.9 Å². The van der Waals surface area contributed by atoms with Crippen molar-refractivity contribution in [3.05, 3.63) is 82.9 Å². The van der Waals surface area contributed by atoms with Gasteiger partial charge in [0, 0.05) is 41.2 Å². The van der Waals surface area contributed by atoms with Gasteiger partial charge in [-0.3, -0.25) is 14.9 Å². The molecule has 0 bridgehead atoms. The molecule has 0 saturated heterocycles. The fraction of sp³-hybridized carbons (Fsp3) is 0.385. The number of aryl methyl sites for hydroxylation is 1. The molecule has 3 atom stereocenters. The topological polar surface area (TPSA) is 158 Å². The third-order valence-electron chi connectivity index (χ3n) is 9.03. The normalized spacial score (nSPS) is 18.1. The summed E-state index contributed by atoms with van der Waals surface area (Å²) >= 11 is 0. The standard InChI is InChI=1S/C39H46N2O8S2/c1-23(43)19-41-35-14-7-26(16-27(35)20-42)39(40-2)49-31-12-11-30(46)21-50-51-22-34-32(13-6-24-4-9-29(45)18-33(24)34)37-25(5-10-28(44)17-31)8-15-36(47)38(37)48-3/h4,6-9,13-16,18,30-31,39-42,45-47H,5,10-12,17,19-22H2,1-3H3/t30-,31+,39+/m0/s1. The van der Waals surface area contributed by atoms with Gasteiger partial charge in [0.25, 0.3) is 0 Å². The molecule has 0 aliphatic carbocycles. The monoisotopic (exact) mass is 734 g/mol. The summed E-state index contributed by atoms with van der Waals surface area (Å²) in [6.07, 6.45) is -0.111. The largest absolute Gasteiger partial charge is 0.508 e. The van der Waals surface area contributed by atoms with Crippen LogP contribution in [0.2, 0.25) is 0 Å². The molecule has 272 valence electrons. The first-order chi connectivity index (χ1) is 24.6. The van der Waals surface area contributed by atoms with Crippen molar-refractivity contribution in [3.63, 3.8) is 0 Å². The summed E-state index contributed by atoms with van der Waals surface area (Å²) in [7, 11) is 6.42. The van der Waals surface area contributed by atoms with Crippen molar-refractivity contribution in [2.24, 2.45) is 0 Å². The zero-order chi connectivity index (χ0) is 36.5. The van der Waals surface area contributed by atoms with E-state index in [1.165, 1.54) is 14.0 Å². The maximum atomic E-state index is 13.7. The lowest BCUT2D eigenvalue weighted by atomic mass is 9.89. The third kappa shape index (κ3) is 9.76. The Labute approximate surface area is 306 Å². The highest BCUT2D eigenvalue weighted by Crippen LogP contribution is 2.45. The highest BCUT2D eigenvalue weighted by Gasteiger charge is 2.25. The predicted molar refractivity (Wildman–Crippen MR) is 204 cm³/mol. The Morgan fingerprint density at radius 3 is 2.57 bits per heavy atom. The molecule has 5 rings (SSSR count). The van der Waals surface area contributed by atoms with Gasteiger partial charge in [-0.15, -0.1) is 0 Å². The molecular weight excluding hydrogens is 689 g/mol. The minimum absolute atomic E-state index is 0.0113. The summed E-state index contributed by atoms with van der Waals surface area (Å²) < 4.78 is 12.3. The molecule has 0 spiro atoms. The lowest BCUT2D eigenvalue weighted by Gasteiger charge is -2.26. The maximum Gasteiger partial charge on any atom is 0.168 e. The summed E-state index contributed by atoms with van der Waals surface area (Å²) in [6.45, 7) is 1.40. The fourth-order valence-corrected chi connectivity index (χ4v) is 8.72. The number of benzene rings is 4. The van der Waals surface area contributed by atoms with E-state index in [2.05, 4.69) is 10.6 Å². The molecule has 0 radical (unpaired) electrons. The second kappa shape index (κ2) is 18.1. The van der Waals surface area contributed by atoms with Crippen molar-refractivity contribution in [2.75, 3.05) is 31.8 Å². The highest BCUT2D eigenvalue weighted by atomic mass is 33.1. The lowest BCUT2D eigenvalue weighted by molar-refractivity contribution is -0.124. The van der Waals surface area contributed by atoms with Gasteiger partial charge >= 0.3 is 0 Å². The number of methoxy groups -OCH3 is 1. The van der Waals surface area contributed by atoms with Crippen molar-refractivity contribution in [2.45, 2.75) is 69.8 Å². The summed E-state index contributed by atoms with van der Waals surface area (Å²) in [5, 5.41) is 50.4. The smallest absolute Gasteiger partial charge is 0.168 e. The second-order valence-corrected chi connectivity index (χ2v) is 15.2. The molecule has 1 aliphatic rings. The van der Waals surface area contributed by atoms with Gasteiger partial charge in [0.1, 0.15) is 23.5 Å². The molecule has 0 amide bonds. The Kier molecular flexibility index (Phi) is 13.7. The average molecular weight is 735 g/mol. The molecule has 51 heavy (non-hydrogen) atoms. The van der Waals surface area contributed by atoms with Crippen LogP contribution in [0.1, 0.15) is 61.1 Å². The Morgan fingerprint density at radius 1 is 1.02 bits per heavy atom. The number of rotatable bonds is 9. The summed E-state index contributed by atoms with van der Waals surface area (Å²) in [5.74, 6) is 1.43. The van der Waals surface area contributed by atoms with E-state index < -0.39 is 18.4 Å². The molecular formula is C39H46N2O8S2. The van der Waals surface area contributed by atoms with E-state index in [0.717, 1.165) is 33.0 Å². The third-order valence-corrected chi connectivity index (χ3v) is 11.4. The Morgan fingerprint density at radius 2 is 1.82 bits per heavy atom. The van der Waals surface area contributed by atoms with E-state index in [1.807, 2.05) is 36.4 Å². The number of ether oxygens (including phenoxy) is 2. The minimum Gasteiger partial charge on any atom is -0.508 e. The highest BCUT2D eigenvalue weighted by molar-refractivity contribution is 8.76. The van der Waals surface area contributed by atoms with E-state index in [-0.39, 0.29) is 49.1 Å². The van der Waals surface area contributed by atoms with Crippen molar-refractivity contribution >= 4 is 49.6 Å². The molecule has 1 heterocycles. The Hall–Kier alpha value is -3.78. The molecule has 0 fully saturated rings. The van der Waals surface area contributed by atoms with Gasteiger partial charge in [-0.1, -0.05) is 51.9 Å². The summed E-state index contributed by atoms with van der Waals surface area (Å²) in [4.78, 5) is 25.2. The number of carbonyl (C=O) groups excluding carboxylic acids is 2. The second-order valence-electron chi connectivity index (χ2n) is 12.7. The van der Waals surface area contributed by atoms with Crippen molar-refractivity contribution in [3.8, 4) is 28.4 Å². The first kappa shape index (κ1) is 38.5. The number of fused-ring (bicyclic) bond motifs is 5. The number of hydrogen-bond acceptors (Lipinski definition) is 12. The average Bonchev–Trinajstić information content (AvgIpc) is 3.12. The Balaban J connectivity index is 1.45. The number of ketones is 2. The van der Waals surface area contributed by atoms with Crippen LogP contribution in [0.3, 0.4) is 0 Å². The van der Waals surface area contributed by atoms with Crippen LogP contribution in [-0.2, 0) is 33.1 Å². The van der Waals surface area contributed by atoms with E-state index >= 15 is 0 Å². The first-order valence-corrected chi connectivity index (χ1v) is 19.5. The lowest BCUT2D eigenvalue weighted by Crippen LogP contribution is -2.29. The number of hydrogen-bond donors (Lipinski definition) is 6. The number of aromatic hydroxyl groups is 2. The van der Waals surface area contributed by atoms with Crippen LogP contribution in [0, 0.1) is 0 Å². The molecule has 4 aromatic rings. The van der Waals surface area contributed by atoms with Crippen LogP contribution in [-0.4, -0.2) is 70.7 Å². The molecule has 12 heteroatoms. The summed E-state index contributed by atoms with van der Waals surface area (Å²) in [5.41, 5.74) is 5.37. The number of Topliss-reactive ketones (excluding diaryl/α,β-unsaturated/α-hetero) is 2. The van der Waals surface area contributed by atoms with Crippen LogP contribution in [0.5, 0.6) is 17.2 Å². The van der Waals surface area contributed by atoms with Crippen molar-refractivity contribution < 1.29 is 39.5 Å². The minimum atomic E-state index is -0.633. The van der Waals surface area contributed by atoms with Crippen LogP contribution in [0.25, 0.3) is 21.9 Å². The zero-order valence-electron chi connectivity index (χ0n) is 29.1. The first-order valence-electron chi connectivity index (χ1n) is 17.0. The number of carbonyl (C=O) groups is 2. The maximum absolute atomic E-state index is 13.7.